The fraction of sp³-hybridized carbons (Fsp3) is 0.130. The number of likely N-dealkylation sites (N-methyl/N-ethyl adjacent to an activating group) is 1. The lowest BCUT2D eigenvalue weighted by Crippen LogP contribution is -2.13. The Morgan fingerprint density at radius 1 is 1.19 bits per heavy atom. The van der Waals surface area contributed by atoms with Crippen LogP contribution in [-0.2, 0) is 4.79 Å². The highest BCUT2D eigenvalue weighted by Gasteiger charge is 2.18. The molecule has 32 heavy (non-hydrogen) atoms. The number of carbonyl (C=O) groups is 1. The number of halogens is 1. The highest BCUT2D eigenvalue weighted by Crippen LogP contribution is 2.32. The maximum absolute atomic E-state index is 12.2. The number of fused-ring (bicyclic) bond motifs is 1. The monoisotopic (exact) mass is 447 g/mol. The van der Waals surface area contributed by atoms with E-state index in [4.69, 9.17) is 22.4 Å². The summed E-state index contributed by atoms with van der Waals surface area (Å²) in [6.45, 7) is 0.682. The molecule has 2 heterocycles. The van der Waals surface area contributed by atoms with Gasteiger partial charge in [0.25, 0.3) is 0 Å². The standard InChI is InChI=1S/C23H22ClN7O/c1-30(2)12-4-7-19(32)28-17-5-3-6-18(13-17)31-23-20(22(25)26-14-27-23)21(29-31)15-8-10-16(24)11-9-15/h3-11,13-14H,12H2,1-2H3,(H,28,32)(H2,25,26,27). The lowest BCUT2D eigenvalue weighted by Gasteiger charge is -2.07. The van der Waals surface area contributed by atoms with Crippen molar-refractivity contribution in [1.82, 2.24) is 24.6 Å². The number of hydrogen-bond acceptors (Lipinski definition) is 6. The van der Waals surface area contributed by atoms with Gasteiger partial charge >= 0.3 is 0 Å². The highest BCUT2D eigenvalue weighted by molar-refractivity contribution is 6.30. The molecule has 3 N–H and O–H groups in total. The molecule has 4 rings (SSSR count). The second-order valence-corrected chi connectivity index (χ2v) is 7.87. The Morgan fingerprint density at radius 2 is 1.97 bits per heavy atom. The first-order chi connectivity index (χ1) is 15.4. The first-order valence-corrected chi connectivity index (χ1v) is 10.3. The van der Waals surface area contributed by atoms with Crippen molar-refractivity contribution in [3.8, 4) is 16.9 Å². The van der Waals surface area contributed by atoms with Gasteiger partial charge in [-0.25, -0.2) is 14.6 Å². The van der Waals surface area contributed by atoms with Gasteiger partial charge in [-0.3, -0.25) is 4.79 Å². The molecule has 0 aliphatic heterocycles. The SMILES string of the molecule is CN(C)CC=CC(=O)Nc1cccc(-n2nc(-c3ccc(Cl)cc3)c3c(N)ncnc32)c1. The average Bonchev–Trinajstić information content (AvgIpc) is 3.15. The number of hydrogen-bond donors (Lipinski definition) is 2. The predicted molar refractivity (Wildman–Crippen MR) is 128 cm³/mol. The van der Waals surface area contributed by atoms with Gasteiger partial charge in [-0.05, 0) is 44.4 Å². The van der Waals surface area contributed by atoms with Crippen LogP contribution in [0.15, 0.2) is 67.0 Å². The third-order valence-electron chi connectivity index (χ3n) is 4.71. The summed E-state index contributed by atoms with van der Waals surface area (Å²) in [6, 6.07) is 14.7. The van der Waals surface area contributed by atoms with Crippen LogP contribution in [0.25, 0.3) is 28.0 Å². The zero-order chi connectivity index (χ0) is 22.7. The van der Waals surface area contributed by atoms with E-state index >= 15 is 0 Å². The molecule has 0 atom stereocenters. The summed E-state index contributed by atoms with van der Waals surface area (Å²) >= 11 is 6.04. The van der Waals surface area contributed by atoms with E-state index in [0.717, 1.165) is 11.3 Å². The van der Waals surface area contributed by atoms with E-state index in [1.165, 1.54) is 12.4 Å². The summed E-state index contributed by atoms with van der Waals surface area (Å²) in [5.74, 6) is 0.129. The molecular weight excluding hydrogens is 426 g/mol. The van der Waals surface area contributed by atoms with Crippen LogP contribution in [0.4, 0.5) is 11.5 Å². The van der Waals surface area contributed by atoms with Crippen LogP contribution < -0.4 is 11.1 Å². The van der Waals surface area contributed by atoms with Crippen molar-refractivity contribution in [1.29, 1.82) is 0 Å². The minimum atomic E-state index is -0.206. The highest BCUT2D eigenvalue weighted by atomic mass is 35.5. The van der Waals surface area contributed by atoms with Crippen molar-refractivity contribution < 1.29 is 4.79 Å². The average molecular weight is 448 g/mol. The molecule has 8 nitrogen and oxygen atoms in total. The summed E-state index contributed by atoms with van der Waals surface area (Å²) in [5, 5.41) is 8.92. The van der Waals surface area contributed by atoms with Gasteiger partial charge in [-0.1, -0.05) is 35.9 Å². The van der Waals surface area contributed by atoms with Crippen molar-refractivity contribution in [3.05, 3.63) is 72.0 Å². The lowest BCUT2D eigenvalue weighted by molar-refractivity contribution is -0.111. The number of nitrogen functional groups attached to an aromatic ring is 1. The maximum Gasteiger partial charge on any atom is 0.248 e. The summed E-state index contributed by atoms with van der Waals surface area (Å²) in [5.41, 5.74) is 9.60. The van der Waals surface area contributed by atoms with Crippen LogP contribution >= 0.6 is 11.6 Å². The Labute approximate surface area is 190 Å². The molecular formula is C23H22ClN7O. The molecule has 0 unspecified atom stereocenters. The van der Waals surface area contributed by atoms with E-state index in [1.54, 1.807) is 22.9 Å². The number of amides is 1. The molecule has 2 aromatic heterocycles. The Balaban J connectivity index is 1.72. The minimum absolute atomic E-state index is 0.206. The van der Waals surface area contributed by atoms with Crippen LogP contribution in [0.1, 0.15) is 0 Å². The third-order valence-corrected chi connectivity index (χ3v) is 4.96. The molecule has 0 saturated heterocycles. The number of benzene rings is 2. The van der Waals surface area contributed by atoms with E-state index in [9.17, 15) is 4.79 Å². The molecule has 0 saturated carbocycles. The smallest absolute Gasteiger partial charge is 0.248 e. The van der Waals surface area contributed by atoms with Gasteiger partial charge in [0.1, 0.15) is 17.8 Å². The van der Waals surface area contributed by atoms with Gasteiger partial charge in [0, 0.05) is 28.9 Å². The van der Waals surface area contributed by atoms with E-state index < -0.39 is 0 Å². The number of nitrogens with zero attached hydrogens (tertiary/aromatic N) is 5. The molecule has 0 fully saturated rings. The molecule has 0 radical (unpaired) electrons. The number of anilines is 2. The van der Waals surface area contributed by atoms with Gasteiger partial charge in [0.05, 0.1) is 11.1 Å². The number of nitrogens with two attached hydrogens (primary N) is 1. The topological polar surface area (TPSA) is 102 Å². The lowest BCUT2D eigenvalue weighted by atomic mass is 10.1. The van der Waals surface area contributed by atoms with Gasteiger partial charge in [-0.2, -0.15) is 5.10 Å². The Kier molecular flexibility index (Phi) is 6.16. The quantitative estimate of drug-likeness (QED) is 0.436. The van der Waals surface area contributed by atoms with Gasteiger partial charge in [0.2, 0.25) is 5.91 Å². The number of carbonyl (C=O) groups excluding carboxylic acids is 1. The second kappa shape index (κ2) is 9.17. The summed E-state index contributed by atoms with van der Waals surface area (Å²) in [7, 11) is 3.88. The zero-order valence-electron chi connectivity index (χ0n) is 17.7. The van der Waals surface area contributed by atoms with E-state index in [-0.39, 0.29) is 5.91 Å². The zero-order valence-corrected chi connectivity index (χ0v) is 18.4. The molecule has 4 aromatic rings. The normalized spacial score (nSPS) is 11.5. The van der Waals surface area contributed by atoms with E-state index in [1.807, 2.05) is 55.4 Å². The summed E-state index contributed by atoms with van der Waals surface area (Å²) in [4.78, 5) is 22.7. The molecule has 0 aliphatic carbocycles. The Hall–Kier alpha value is -3.75. The summed E-state index contributed by atoms with van der Waals surface area (Å²) in [6.07, 6.45) is 4.73. The van der Waals surface area contributed by atoms with Crippen LogP contribution in [0, 0.1) is 0 Å². The molecule has 2 aromatic carbocycles. The first-order valence-electron chi connectivity index (χ1n) is 9.90. The van der Waals surface area contributed by atoms with Crippen LogP contribution in [-0.4, -0.2) is 51.2 Å². The van der Waals surface area contributed by atoms with Gasteiger partial charge < -0.3 is 16.0 Å². The fourth-order valence-electron chi connectivity index (χ4n) is 3.23. The van der Waals surface area contributed by atoms with Crippen molar-refractivity contribution in [3.63, 3.8) is 0 Å². The van der Waals surface area contributed by atoms with Crippen LogP contribution in [0.5, 0.6) is 0 Å². The van der Waals surface area contributed by atoms with Gasteiger partial charge in [-0.15, -0.1) is 0 Å². The molecule has 162 valence electrons. The number of nitrogens with one attached hydrogen (secondary N) is 1. The number of rotatable bonds is 6. The molecule has 1 amide bonds. The molecule has 0 aliphatic rings. The number of aromatic nitrogens is 4. The van der Waals surface area contributed by atoms with Gasteiger partial charge in [0.15, 0.2) is 5.65 Å². The summed E-state index contributed by atoms with van der Waals surface area (Å²) < 4.78 is 1.69. The Morgan fingerprint density at radius 3 is 2.72 bits per heavy atom. The van der Waals surface area contributed by atoms with Crippen molar-refractivity contribution in [2.75, 3.05) is 31.7 Å². The molecule has 9 heteroatoms. The third kappa shape index (κ3) is 4.61. The van der Waals surface area contributed by atoms with E-state index in [0.29, 0.717) is 39.8 Å². The second-order valence-electron chi connectivity index (χ2n) is 7.43. The largest absolute Gasteiger partial charge is 0.383 e. The van der Waals surface area contributed by atoms with Crippen LogP contribution in [0.2, 0.25) is 5.02 Å². The molecule has 0 spiro atoms. The van der Waals surface area contributed by atoms with Crippen LogP contribution in [0.3, 0.4) is 0 Å². The molecule has 0 bridgehead atoms. The van der Waals surface area contributed by atoms with E-state index in [2.05, 4.69) is 15.3 Å². The van der Waals surface area contributed by atoms with Crippen molar-refractivity contribution in [2.24, 2.45) is 0 Å². The maximum atomic E-state index is 12.2. The fourth-order valence-corrected chi connectivity index (χ4v) is 3.36. The minimum Gasteiger partial charge on any atom is -0.383 e. The van der Waals surface area contributed by atoms with Crippen molar-refractivity contribution >= 4 is 40.0 Å². The Bertz CT molecular complexity index is 1300. The van der Waals surface area contributed by atoms with Crippen molar-refractivity contribution in [2.45, 2.75) is 0 Å². The first kappa shape index (κ1) is 21.5. The predicted octanol–water partition coefficient (Wildman–Crippen LogP) is 3.77.